The van der Waals surface area contributed by atoms with E-state index in [4.69, 9.17) is 17.3 Å². The lowest BCUT2D eigenvalue weighted by molar-refractivity contribution is -0.126. The normalized spacial score (nSPS) is 16.3. The van der Waals surface area contributed by atoms with E-state index in [1.54, 1.807) is 0 Å². The van der Waals surface area contributed by atoms with Crippen molar-refractivity contribution in [2.24, 2.45) is 5.73 Å². The molecule has 1 aromatic carbocycles. The van der Waals surface area contributed by atoms with Gasteiger partial charge in [0.15, 0.2) is 0 Å². The molecule has 5 heteroatoms. The van der Waals surface area contributed by atoms with Gasteiger partial charge < -0.3 is 11.1 Å². The van der Waals surface area contributed by atoms with Crippen molar-refractivity contribution in [3.63, 3.8) is 0 Å². The maximum atomic E-state index is 12.7. The van der Waals surface area contributed by atoms with E-state index in [0.29, 0.717) is 18.1 Å². The van der Waals surface area contributed by atoms with Crippen molar-refractivity contribution in [3.8, 4) is 0 Å². The third-order valence-electron chi connectivity index (χ3n) is 4.19. The first-order valence-corrected chi connectivity index (χ1v) is 7.81. The third kappa shape index (κ3) is 4.35. The molecule has 0 spiro atoms. The molecule has 1 aliphatic carbocycles. The Labute approximate surface area is 138 Å². The number of nitrogens with two attached hydrogens (primary N) is 1. The summed E-state index contributed by atoms with van der Waals surface area (Å²) < 4.78 is 0. The number of amides is 1. The van der Waals surface area contributed by atoms with Crippen LogP contribution >= 0.6 is 24.0 Å². The highest BCUT2D eigenvalue weighted by atomic mass is 35.5. The maximum Gasteiger partial charge on any atom is 0.230 e. The van der Waals surface area contributed by atoms with Gasteiger partial charge in [0.2, 0.25) is 5.91 Å². The number of hydrogen-bond donors (Lipinski definition) is 2. The molecule has 0 heterocycles. The molecule has 3 N–H and O–H groups in total. The van der Waals surface area contributed by atoms with Gasteiger partial charge in [-0.1, -0.05) is 36.6 Å². The summed E-state index contributed by atoms with van der Waals surface area (Å²) in [5.74, 6) is 0.147. The molecule has 3 nitrogen and oxygen atoms in total. The Kier molecular flexibility index (Phi) is 7.50. The minimum Gasteiger partial charge on any atom is -0.355 e. The molecule has 0 aromatic heterocycles. The molecule has 0 atom stereocenters. The monoisotopic (exact) mass is 330 g/mol. The van der Waals surface area contributed by atoms with Crippen molar-refractivity contribution in [1.29, 1.82) is 0 Å². The molecule has 0 bridgehead atoms. The molecule has 118 valence electrons. The highest BCUT2D eigenvalue weighted by Crippen LogP contribution is 2.42. The molecule has 1 saturated carbocycles. The number of carbonyl (C=O) groups excluding carboxylic acids is 1. The van der Waals surface area contributed by atoms with E-state index in [1.807, 2.05) is 24.3 Å². The summed E-state index contributed by atoms with van der Waals surface area (Å²) >= 11 is 6.09. The van der Waals surface area contributed by atoms with E-state index in [-0.39, 0.29) is 23.7 Å². The SMILES string of the molecule is Cl.NCCCCNC(=O)C1(c2cccc(Cl)c2)CCCC1. The van der Waals surface area contributed by atoms with Gasteiger partial charge in [0.05, 0.1) is 5.41 Å². The van der Waals surface area contributed by atoms with Crippen LogP contribution in [0.5, 0.6) is 0 Å². The fraction of sp³-hybridized carbons (Fsp3) is 0.562. The molecular weight excluding hydrogens is 307 g/mol. The number of halogens is 2. The number of nitrogens with one attached hydrogen (secondary N) is 1. The summed E-state index contributed by atoms with van der Waals surface area (Å²) in [5, 5.41) is 3.78. The minimum absolute atomic E-state index is 0. The van der Waals surface area contributed by atoms with E-state index in [1.165, 1.54) is 0 Å². The highest BCUT2D eigenvalue weighted by molar-refractivity contribution is 6.30. The average Bonchev–Trinajstić information content (AvgIpc) is 2.94. The maximum absolute atomic E-state index is 12.7. The summed E-state index contributed by atoms with van der Waals surface area (Å²) in [4.78, 5) is 12.7. The molecule has 1 aliphatic rings. The fourth-order valence-electron chi connectivity index (χ4n) is 3.05. The number of benzene rings is 1. The standard InChI is InChI=1S/C16H23ClN2O.ClH/c17-14-7-5-6-13(12-14)16(8-1-2-9-16)15(20)19-11-4-3-10-18;/h5-7,12H,1-4,8-11,18H2,(H,19,20);1H. The Hall–Kier alpha value is -0.770. The zero-order chi connectivity index (χ0) is 14.4. The van der Waals surface area contributed by atoms with Crippen LogP contribution in [0.3, 0.4) is 0 Å². The summed E-state index contributed by atoms with van der Waals surface area (Å²) in [7, 11) is 0. The van der Waals surface area contributed by atoms with Gasteiger partial charge in [-0.2, -0.15) is 0 Å². The van der Waals surface area contributed by atoms with Crippen molar-refractivity contribution in [3.05, 3.63) is 34.9 Å². The van der Waals surface area contributed by atoms with Gasteiger partial charge in [0, 0.05) is 11.6 Å². The summed E-state index contributed by atoms with van der Waals surface area (Å²) in [6.07, 6.45) is 5.91. The fourth-order valence-corrected chi connectivity index (χ4v) is 3.24. The van der Waals surface area contributed by atoms with E-state index >= 15 is 0 Å². The first kappa shape index (κ1) is 18.3. The van der Waals surface area contributed by atoms with Crippen LogP contribution in [0.2, 0.25) is 5.02 Å². The first-order chi connectivity index (χ1) is 9.69. The summed E-state index contributed by atoms with van der Waals surface area (Å²) in [5.41, 5.74) is 6.15. The molecule has 2 rings (SSSR count). The van der Waals surface area contributed by atoms with Crippen LogP contribution in [0.4, 0.5) is 0 Å². The lowest BCUT2D eigenvalue weighted by atomic mass is 9.78. The molecule has 0 radical (unpaired) electrons. The Morgan fingerprint density at radius 1 is 1.29 bits per heavy atom. The van der Waals surface area contributed by atoms with Crippen molar-refractivity contribution >= 4 is 29.9 Å². The molecular formula is C16H24Cl2N2O. The molecule has 0 aliphatic heterocycles. The van der Waals surface area contributed by atoms with Crippen LogP contribution in [-0.2, 0) is 10.2 Å². The van der Waals surface area contributed by atoms with E-state index < -0.39 is 0 Å². The van der Waals surface area contributed by atoms with Crippen LogP contribution in [0.25, 0.3) is 0 Å². The second kappa shape index (κ2) is 8.62. The van der Waals surface area contributed by atoms with Gasteiger partial charge >= 0.3 is 0 Å². The molecule has 1 aromatic rings. The van der Waals surface area contributed by atoms with E-state index in [9.17, 15) is 4.79 Å². The van der Waals surface area contributed by atoms with Gasteiger partial charge in [-0.15, -0.1) is 12.4 Å². The lowest BCUT2D eigenvalue weighted by Crippen LogP contribution is -2.43. The third-order valence-corrected chi connectivity index (χ3v) is 4.42. The van der Waals surface area contributed by atoms with Gasteiger partial charge in [-0.25, -0.2) is 0 Å². The Balaban J connectivity index is 0.00000220. The number of carbonyl (C=O) groups is 1. The quantitative estimate of drug-likeness (QED) is 0.785. The van der Waals surface area contributed by atoms with Crippen molar-refractivity contribution in [1.82, 2.24) is 5.32 Å². The van der Waals surface area contributed by atoms with Crippen molar-refractivity contribution < 1.29 is 4.79 Å². The van der Waals surface area contributed by atoms with Gasteiger partial charge in [-0.3, -0.25) is 4.79 Å². The van der Waals surface area contributed by atoms with Crippen LogP contribution in [0.15, 0.2) is 24.3 Å². The highest BCUT2D eigenvalue weighted by Gasteiger charge is 2.42. The van der Waals surface area contributed by atoms with E-state index in [2.05, 4.69) is 5.32 Å². The minimum atomic E-state index is -0.381. The molecule has 0 unspecified atom stereocenters. The van der Waals surface area contributed by atoms with Crippen LogP contribution < -0.4 is 11.1 Å². The largest absolute Gasteiger partial charge is 0.355 e. The molecule has 21 heavy (non-hydrogen) atoms. The summed E-state index contributed by atoms with van der Waals surface area (Å²) in [6, 6.07) is 7.75. The molecule has 1 amide bonds. The lowest BCUT2D eigenvalue weighted by Gasteiger charge is -2.28. The zero-order valence-electron chi connectivity index (χ0n) is 12.2. The number of rotatable bonds is 6. The van der Waals surface area contributed by atoms with Gasteiger partial charge in [0.25, 0.3) is 0 Å². The molecule has 1 fully saturated rings. The smallest absolute Gasteiger partial charge is 0.230 e. The second-order valence-corrected chi connectivity index (χ2v) is 5.99. The Bertz CT molecular complexity index is 459. The van der Waals surface area contributed by atoms with E-state index in [0.717, 1.165) is 44.1 Å². The van der Waals surface area contributed by atoms with Crippen molar-refractivity contribution in [2.75, 3.05) is 13.1 Å². The van der Waals surface area contributed by atoms with Gasteiger partial charge in [0.1, 0.15) is 0 Å². The second-order valence-electron chi connectivity index (χ2n) is 5.55. The number of hydrogen-bond acceptors (Lipinski definition) is 2. The van der Waals surface area contributed by atoms with Crippen LogP contribution in [-0.4, -0.2) is 19.0 Å². The van der Waals surface area contributed by atoms with Crippen LogP contribution in [0, 0.1) is 0 Å². The predicted molar refractivity (Wildman–Crippen MR) is 90.1 cm³/mol. The van der Waals surface area contributed by atoms with Gasteiger partial charge in [-0.05, 0) is 49.9 Å². The first-order valence-electron chi connectivity index (χ1n) is 7.43. The number of unbranched alkanes of at least 4 members (excludes halogenated alkanes) is 1. The molecule has 0 saturated heterocycles. The van der Waals surface area contributed by atoms with Crippen LogP contribution in [0.1, 0.15) is 44.1 Å². The predicted octanol–water partition coefficient (Wildman–Crippen LogP) is 3.43. The Morgan fingerprint density at radius 3 is 2.62 bits per heavy atom. The zero-order valence-corrected chi connectivity index (χ0v) is 13.8. The topological polar surface area (TPSA) is 55.1 Å². The average molecular weight is 331 g/mol. The summed E-state index contributed by atoms with van der Waals surface area (Å²) in [6.45, 7) is 1.38. The van der Waals surface area contributed by atoms with Crippen molar-refractivity contribution in [2.45, 2.75) is 43.9 Å². The Morgan fingerprint density at radius 2 is 2.00 bits per heavy atom.